The number of hydrogen-bond acceptors (Lipinski definition) is 3. The lowest BCUT2D eigenvalue weighted by molar-refractivity contribution is 0.116. The first-order valence-corrected chi connectivity index (χ1v) is 6.83. The molecule has 1 unspecified atom stereocenters. The summed E-state index contributed by atoms with van der Waals surface area (Å²) < 4.78 is 0. The summed E-state index contributed by atoms with van der Waals surface area (Å²) in [6.07, 6.45) is 2.30. The predicted molar refractivity (Wildman–Crippen MR) is 75.5 cm³/mol. The first kappa shape index (κ1) is 14.1. The van der Waals surface area contributed by atoms with Crippen molar-refractivity contribution >= 4 is 0 Å². The predicted octanol–water partition coefficient (Wildman–Crippen LogP) is 1.23. The highest BCUT2D eigenvalue weighted by Gasteiger charge is 2.18. The first-order chi connectivity index (χ1) is 9.31. The van der Waals surface area contributed by atoms with Gasteiger partial charge < -0.3 is 10.2 Å². The molecule has 1 aromatic carbocycles. The van der Waals surface area contributed by atoms with Gasteiger partial charge in [-0.25, -0.2) is 0 Å². The van der Waals surface area contributed by atoms with Crippen LogP contribution < -0.4 is 0 Å². The van der Waals surface area contributed by atoms with E-state index in [4.69, 9.17) is 5.11 Å². The highest BCUT2D eigenvalue weighted by Crippen LogP contribution is 2.18. The number of nitrogens with zero attached hydrogens (tertiary/aromatic N) is 1. The largest absolute Gasteiger partial charge is 0.396 e. The third kappa shape index (κ3) is 4.36. The molecule has 0 aromatic heterocycles. The first-order valence-electron chi connectivity index (χ1n) is 6.83. The van der Waals surface area contributed by atoms with Gasteiger partial charge in [0.1, 0.15) is 6.61 Å². The monoisotopic (exact) mass is 259 g/mol. The van der Waals surface area contributed by atoms with E-state index >= 15 is 0 Å². The summed E-state index contributed by atoms with van der Waals surface area (Å²) in [5.74, 6) is 6.03. The van der Waals surface area contributed by atoms with Gasteiger partial charge in [-0.2, -0.15) is 0 Å². The fourth-order valence-corrected chi connectivity index (χ4v) is 2.59. The maximum Gasteiger partial charge on any atom is 0.104 e. The molecule has 1 aliphatic rings. The van der Waals surface area contributed by atoms with Crippen LogP contribution in [0.2, 0.25) is 0 Å². The minimum Gasteiger partial charge on any atom is -0.396 e. The van der Waals surface area contributed by atoms with E-state index in [1.54, 1.807) is 0 Å². The van der Waals surface area contributed by atoms with Crippen LogP contribution in [0, 0.1) is 17.8 Å². The quantitative estimate of drug-likeness (QED) is 0.803. The summed E-state index contributed by atoms with van der Waals surface area (Å²) in [6.45, 7) is 3.17. The zero-order valence-electron chi connectivity index (χ0n) is 11.2. The van der Waals surface area contributed by atoms with E-state index < -0.39 is 0 Å². The molecule has 1 heterocycles. The number of rotatable bonds is 3. The van der Waals surface area contributed by atoms with Crippen LogP contribution in [0.3, 0.4) is 0 Å². The Morgan fingerprint density at radius 3 is 3.00 bits per heavy atom. The van der Waals surface area contributed by atoms with Crippen molar-refractivity contribution in [3.05, 3.63) is 35.4 Å². The minimum atomic E-state index is -0.103. The van der Waals surface area contributed by atoms with Crippen LogP contribution in [-0.2, 0) is 6.54 Å². The topological polar surface area (TPSA) is 43.7 Å². The number of benzene rings is 1. The average molecular weight is 259 g/mol. The molecule has 19 heavy (non-hydrogen) atoms. The molecular formula is C16H21NO2. The van der Waals surface area contributed by atoms with Gasteiger partial charge in [0.15, 0.2) is 0 Å². The van der Waals surface area contributed by atoms with Crippen molar-refractivity contribution < 1.29 is 10.2 Å². The molecule has 0 radical (unpaired) electrons. The molecule has 2 rings (SSSR count). The molecule has 2 N–H and O–H groups in total. The van der Waals surface area contributed by atoms with Crippen LogP contribution in [0.25, 0.3) is 0 Å². The summed E-state index contributed by atoms with van der Waals surface area (Å²) in [5.41, 5.74) is 2.19. The van der Waals surface area contributed by atoms with Gasteiger partial charge in [-0.1, -0.05) is 24.0 Å². The molecule has 0 spiro atoms. The van der Waals surface area contributed by atoms with Gasteiger partial charge in [0, 0.05) is 25.3 Å². The molecule has 0 aliphatic carbocycles. The van der Waals surface area contributed by atoms with E-state index in [-0.39, 0.29) is 6.61 Å². The summed E-state index contributed by atoms with van der Waals surface area (Å²) in [4.78, 5) is 2.39. The SMILES string of the molecule is OCC#Cc1cccc(CN2CCCC(CO)C2)c1. The highest BCUT2D eigenvalue weighted by molar-refractivity contribution is 5.37. The molecule has 0 amide bonds. The van der Waals surface area contributed by atoms with Gasteiger partial charge in [-0.3, -0.25) is 4.90 Å². The lowest BCUT2D eigenvalue weighted by Gasteiger charge is -2.31. The summed E-state index contributed by atoms with van der Waals surface area (Å²) in [7, 11) is 0. The second kappa shape index (κ2) is 7.30. The molecule has 1 fully saturated rings. The Kier molecular flexibility index (Phi) is 5.41. The molecule has 1 atom stereocenters. The standard InChI is InChI=1S/C16H21NO2/c18-9-3-7-14-4-1-5-15(10-14)11-17-8-2-6-16(12-17)13-19/h1,4-5,10,16,18-19H,2,6,8-9,11-13H2. The van der Waals surface area contributed by atoms with E-state index in [0.717, 1.165) is 38.0 Å². The number of piperidine rings is 1. The van der Waals surface area contributed by atoms with E-state index in [9.17, 15) is 5.11 Å². The molecule has 102 valence electrons. The van der Waals surface area contributed by atoms with Crippen LogP contribution in [-0.4, -0.2) is 41.4 Å². The lowest BCUT2D eigenvalue weighted by atomic mass is 9.98. The van der Waals surface area contributed by atoms with Crippen LogP contribution >= 0.6 is 0 Å². The van der Waals surface area contributed by atoms with Gasteiger partial charge in [0.05, 0.1) is 0 Å². The zero-order valence-corrected chi connectivity index (χ0v) is 11.2. The van der Waals surface area contributed by atoms with Crippen molar-refractivity contribution in [3.8, 4) is 11.8 Å². The minimum absolute atomic E-state index is 0.103. The van der Waals surface area contributed by atoms with Crippen LogP contribution in [0.1, 0.15) is 24.0 Å². The highest BCUT2D eigenvalue weighted by atomic mass is 16.3. The van der Waals surface area contributed by atoms with E-state index in [0.29, 0.717) is 12.5 Å². The molecule has 3 heteroatoms. The van der Waals surface area contributed by atoms with Crippen molar-refractivity contribution in [1.82, 2.24) is 4.90 Å². The molecule has 0 bridgehead atoms. The van der Waals surface area contributed by atoms with Crippen LogP contribution in [0.4, 0.5) is 0 Å². The van der Waals surface area contributed by atoms with Crippen molar-refractivity contribution in [2.45, 2.75) is 19.4 Å². The summed E-state index contributed by atoms with van der Waals surface area (Å²) >= 11 is 0. The third-order valence-electron chi connectivity index (χ3n) is 3.51. The molecule has 1 saturated heterocycles. The van der Waals surface area contributed by atoms with Crippen molar-refractivity contribution in [3.63, 3.8) is 0 Å². The third-order valence-corrected chi connectivity index (χ3v) is 3.51. The number of aliphatic hydroxyl groups excluding tert-OH is 2. The van der Waals surface area contributed by atoms with Crippen molar-refractivity contribution in [2.24, 2.45) is 5.92 Å². The fourth-order valence-electron chi connectivity index (χ4n) is 2.59. The Balaban J connectivity index is 1.98. The number of likely N-dealkylation sites (tertiary alicyclic amines) is 1. The number of aliphatic hydroxyl groups is 2. The molecule has 3 nitrogen and oxygen atoms in total. The lowest BCUT2D eigenvalue weighted by Crippen LogP contribution is -2.36. The van der Waals surface area contributed by atoms with Gasteiger partial charge in [-0.05, 0) is 43.0 Å². The van der Waals surface area contributed by atoms with Gasteiger partial charge in [0.2, 0.25) is 0 Å². The summed E-state index contributed by atoms with van der Waals surface area (Å²) in [5, 5.41) is 18.0. The van der Waals surface area contributed by atoms with E-state index in [1.807, 2.05) is 12.1 Å². The smallest absolute Gasteiger partial charge is 0.104 e. The van der Waals surface area contributed by atoms with E-state index in [1.165, 1.54) is 5.56 Å². The molecule has 1 aliphatic heterocycles. The van der Waals surface area contributed by atoms with Gasteiger partial charge in [-0.15, -0.1) is 0 Å². The maximum absolute atomic E-state index is 9.25. The van der Waals surface area contributed by atoms with Crippen LogP contribution in [0.15, 0.2) is 24.3 Å². The van der Waals surface area contributed by atoms with Gasteiger partial charge >= 0.3 is 0 Å². The Hall–Kier alpha value is -1.34. The Labute approximate surface area is 114 Å². The average Bonchev–Trinajstić information content (AvgIpc) is 2.46. The van der Waals surface area contributed by atoms with E-state index in [2.05, 4.69) is 28.9 Å². The zero-order chi connectivity index (χ0) is 13.5. The fraction of sp³-hybridized carbons (Fsp3) is 0.500. The second-order valence-corrected chi connectivity index (χ2v) is 5.09. The van der Waals surface area contributed by atoms with Crippen molar-refractivity contribution in [2.75, 3.05) is 26.3 Å². The summed E-state index contributed by atoms with van der Waals surface area (Å²) in [6, 6.07) is 8.14. The number of hydrogen-bond donors (Lipinski definition) is 2. The molecular weight excluding hydrogens is 238 g/mol. The maximum atomic E-state index is 9.25. The van der Waals surface area contributed by atoms with Crippen molar-refractivity contribution in [1.29, 1.82) is 0 Å². The molecule has 1 aromatic rings. The normalized spacial score (nSPS) is 19.8. The Morgan fingerprint density at radius 2 is 2.21 bits per heavy atom. The Bertz CT molecular complexity index is 461. The second-order valence-electron chi connectivity index (χ2n) is 5.09. The Morgan fingerprint density at radius 1 is 1.32 bits per heavy atom. The van der Waals surface area contributed by atoms with Gasteiger partial charge in [0.25, 0.3) is 0 Å². The molecule has 0 saturated carbocycles. The van der Waals surface area contributed by atoms with Crippen LogP contribution in [0.5, 0.6) is 0 Å².